The number of hydrogen-bond acceptors (Lipinski definition) is 4. The van der Waals surface area contributed by atoms with Crippen LogP contribution in [0.4, 0.5) is 4.39 Å². The minimum Gasteiger partial charge on any atom is -0.343 e. The van der Waals surface area contributed by atoms with Crippen molar-refractivity contribution in [3.05, 3.63) is 57.8 Å². The average molecular weight is 359 g/mol. The molecular formula is C19H22FN3OS. The van der Waals surface area contributed by atoms with Gasteiger partial charge < -0.3 is 5.32 Å². The normalized spacial score (nSPS) is 21.1. The number of hydrogen-bond donors (Lipinski definition) is 1. The first-order valence-corrected chi connectivity index (χ1v) is 9.21. The van der Waals surface area contributed by atoms with Gasteiger partial charge in [-0.05, 0) is 31.0 Å². The van der Waals surface area contributed by atoms with Gasteiger partial charge in [0.25, 0.3) is 0 Å². The number of nitrogens with one attached hydrogen (secondary N) is 1. The topological polar surface area (TPSA) is 45.2 Å². The van der Waals surface area contributed by atoms with E-state index < -0.39 is 5.54 Å². The molecule has 1 aliphatic rings. The predicted molar refractivity (Wildman–Crippen MR) is 98.8 cm³/mol. The van der Waals surface area contributed by atoms with Crippen LogP contribution in [0.5, 0.6) is 0 Å². The van der Waals surface area contributed by atoms with Gasteiger partial charge in [0, 0.05) is 37.6 Å². The predicted octanol–water partition coefficient (Wildman–Crippen LogP) is 3.34. The van der Waals surface area contributed by atoms with E-state index >= 15 is 0 Å². The smallest absolute Gasteiger partial charge is 0.217 e. The summed E-state index contributed by atoms with van der Waals surface area (Å²) in [4.78, 5) is 18.6. The molecule has 1 amide bonds. The fraction of sp³-hybridized carbons (Fsp3) is 0.368. The number of carbonyl (C=O) groups excluding carboxylic acids is 1. The van der Waals surface area contributed by atoms with Crippen LogP contribution in [-0.4, -0.2) is 35.4 Å². The molecule has 0 bridgehead atoms. The van der Waals surface area contributed by atoms with Crippen LogP contribution in [0.1, 0.15) is 29.6 Å². The average Bonchev–Trinajstić information content (AvgIpc) is 3.16. The molecule has 25 heavy (non-hydrogen) atoms. The van der Waals surface area contributed by atoms with Crippen LogP contribution >= 0.6 is 11.3 Å². The first-order valence-electron chi connectivity index (χ1n) is 8.33. The summed E-state index contributed by atoms with van der Waals surface area (Å²) in [5, 5.41) is 6.13. The van der Waals surface area contributed by atoms with E-state index in [1.165, 1.54) is 12.1 Å². The van der Waals surface area contributed by atoms with Crippen LogP contribution in [0.2, 0.25) is 0 Å². The van der Waals surface area contributed by atoms with E-state index in [1.807, 2.05) is 18.4 Å². The number of nitrogens with zero attached hydrogens (tertiary/aromatic N) is 2. The van der Waals surface area contributed by atoms with Crippen molar-refractivity contribution in [3.8, 4) is 0 Å². The van der Waals surface area contributed by atoms with Crippen molar-refractivity contribution in [1.82, 2.24) is 15.2 Å². The number of halogens is 1. The summed E-state index contributed by atoms with van der Waals surface area (Å²) >= 11 is 1.61. The Labute approximate surface area is 151 Å². The Hall–Kier alpha value is -2.05. The molecule has 3 rings (SSSR count). The largest absolute Gasteiger partial charge is 0.343 e. The molecule has 2 heterocycles. The van der Waals surface area contributed by atoms with Gasteiger partial charge in [-0.15, -0.1) is 11.3 Å². The molecule has 1 unspecified atom stereocenters. The molecule has 1 N–H and O–H groups in total. The summed E-state index contributed by atoms with van der Waals surface area (Å²) in [6.45, 7) is 5.95. The molecule has 1 saturated heterocycles. The van der Waals surface area contributed by atoms with E-state index in [2.05, 4.69) is 21.3 Å². The number of thiazole rings is 1. The lowest BCUT2D eigenvalue weighted by atomic mass is 9.99. The van der Waals surface area contributed by atoms with Gasteiger partial charge >= 0.3 is 0 Å². The van der Waals surface area contributed by atoms with E-state index in [0.717, 1.165) is 42.3 Å². The molecule has 1 aromatic carbocycles. The molecule has 1 aromatic heterocycles. The monoisotopic (exact) mass is 359 g/mol. The van der Waals surface area contributed by atoms with Crippen LogP contribution < -0.4 is 5.32 Å². The minimum absolute atomic E-state index is 0.0310. The Morgan fingerprint density at radius 2 is 2.20 bits per heavy atom. The lowest BCUT2D eigenvalue weighted by Crippen LogP contribution is -2.47. The molecule has 132 valence electrons. The molecule has 0 radical (unpaired) electrons. The van der Waals surface area contributed by atoms with Crippen molar-refractivity contribution in [3.63, 3.8) is 0 Å². The zero-order valence-electron chi connectivity index (χ0n) is 14.5. The Morgan fingerprint density at radius 1 is 1.44 bits per heavy atom. The number of rotatable bonds is 5. The van der Waals surface area contributed by atoms with Gasteiger partial charge in [-0.3, -0.25) is 9.69 Å². The van der Waals surface area contributed by atoms with Gasteiger partial charge in [0.2, 0.25) is 5.91 Å². The van der Waals surface area contributed by atoms with Crippen LogP contribution in [0.3, 0.4) is 0 Å². The molecule has 0 saturated carbocycles. The summed E-state index contributed by atoms with van der Waals surface area (Å²) in [6, 6.07) is 6.44. The Bertz CT molecular complexity index is 771. The maximum Gasteiger partial charge on any atom is 0.217 e. The van der Waals surface area contributed by atoms with Crippen LogP contribution in [0.25, 0.3) is 6.08 Å². The first-order chi connectivity index (χ1) is 12.0. The molecule has 2 aromatic rings. The van der Waals surface area contributed by atoms with Crippen molar-refractivity contribution in [1.29, 1.82) is 0 Å². The third-order valence-corrected chi connectivity index (χ3v) is 5.50. The molecule has 1 fully saturated rings. The van der Waals surface area contributed by atoms with Crippen molar-refractivity contribution >= 4 is 23.3 Å². The molecule has 4 nitrogen and oxygen atoms in total. The molecule has 0 spiro atoms. The summed E-state index contributed by atoms with van der Waals surface area (Å²) < 4.78 is 12.9. The van der Waals surface area contributed by atoms with Gasteiger partial charge in [0.1, 0.15) is 16.4 Å². The van der Waals surface area contributed by atoms with E-state index in [9.17, 15) is 9.18 Å². The third-order valence-electron chi connectivity index (χ3n) is 4.34. The number of aryl methyl sites for hydroxylation is 1. The maximum atomic E-state index is 12.9. The zero-order valence-corrected chi connectivity index (χ0v) is 15.3. The van der Waals surface area contributed by atoms with Crippen LogP contribution in [-0.2, 0) is 10.3 Å². The van der Waals surface area contributed by atoms with Gasteiger partial charge in [-0.25, -0.2) is 9.37 Å². The van der Waals surface area contributed by atoms with Gasteiger partial charge in [-0.1, -0.05) is 24.3 Å². The van der Waals surface area contributed by atoms with Crippen molar-refractivity contribution in [2.75, 3.05) is 19.6 Å². The second kappa shape index (κ2) is 7.45. The van der Waals surface area contributed by atoms with E-state index in [1.54, 1.807) is 30.4 Å². The number of benzene rings is 1. The van der Waals surface area contributed by atoms with Gasteiger partial charge in [-0.2, -0.15) is 0 Å². The van der Waals surface area contributed by atoms with E-state index in [4.69, 9.17) is 0 Å². The zero-order chi connectivity index (χ0) is 17.9. The van der Waals surface area contributed by atoms with Crippen LogP contribution in [0.15, 0.2) is 35.7 Å². The fourth-order valence-corrected chi connectivity index (χ4v) is 4.17. The molecular weight excluding hydrogens is 337 g/mol. The number of aromatic nitrogens is 1. The molecule has 0 aliphatic carbocycles. The Balaban J connectivity index is 1.67. The minimum atomic E-state index is -0.394. The summed E-state index contributed by atoms with van der Waals surface area (Å²) in [5.41, 5.74) is 1.57. The summed E-state index contributed by atoms with van der Waals surface area (Å²) in [5.74, 6) is -0.257. The standard InChI is InChI=1S/C19H22FN3OS/c1-14-12-25-18(21-14)19(22-15(2)24)9-11-23(13-19)10-3-4-16-5-7-17(20)8-6-16/h3-8,12H,9-11,13H2,1-2H3,(H,22,24)/b4-3+. The highest BCUT2D eigenvalue weighted by Gasteiger charge is 2.42. The first kappa shape index (κ1) is 17.8. The maximum absolute atomic E-state index is 12.9. The second-order valence-corrected chi connectivity index (χ2v) is 7.35. The molecule has 1 atom stereocenters. The quantitative estimate of drug-likeness (QED) is 0.891. The fourth-order valence-electron chi connectivity index (χ4n) is 3.20. The van der Waals surface area contributed by atoms with E-state index in [-0.39, 0.29) is 11.7 Å². The summed E-state index contributed by atoms with van der Waals surface area (Å²) in [7, 11) is 0. The summed E-state index contributed by atoms with van der Waals surface area (Å²) in [6.07, 6.45) is 4.92. The number of likely N-dealkylation sites (tertiary alicyclic amines) is 1. The molecule has 1 aliphatic heterocycles. The van der Waals surface area contributed by atoms with Crippen molar-refractivity contribution in [2.45, 2.75) is 25.8 Å². The molecule has 6 heteroatoms. The lowest BCUT2D eigenvalue weighted by Gasteiger charge is -2.28. The highest BCUT2D eigenvalue weighted by molar-refractivity contribution is 7.09. The Morgan fingerprint density at radius 3 is 2.84 bits per heavy atom. The lowest BCUT2D eigenvalue weighted by molar-refractivity contribution is -0.120. The van der Waals surface area contributed by atoms with E-state index in [0.29, 0.717) is 0 Å². The van der Waals surface area contributed by atoms with Crippen molar-refractivity contribution in [2.24, 2.45) is 0 Å². The highest BCUT2D eigenvalue weighted by Crippen LogP contribution is 2.34. The van der Waals surface area contributed by atoms with Crippen LogP contribution in [0, 0.1) is 12.7 Å². The third kappa shape index (κ3) is 4.32. The van der Waals surface area contributed by atoms with Gasteiger partial charge in [0.15, 0.2) is 0 Å². The number of carbonyl (C=O) groups is 1. The second-order valence-electron chi connectivity index (χ2n) is 6.50. The Kier molecular flexibility index (Phi) is 5.30. The van der Waals surface area contributed by atoms with Gasteiger partial charge in [0.05, 0.1) is 0 Å². The highest BCUT2D eigenvalue weighted by atomic mass is 32.1. The number of amides is 1. The van der Waals surface area contributed by atoms with Crippen molar-refractivity contribution < 1.29 is 9.18 Å². The SMILES string of the molecule is CC(=O)NC1(c2nc(C)cs2)CCN(C/C=C/c2ccc(F)cc2)C1.